The number of nitrogens with zero attached hydrogens (tertiary/aromatic N) is 3. The molecule has 0 N–H and O–H groups in total. The van der Waals surface area contributed by atoms with Crippen LogP contribution in [0, 0.1) is 5.92 Å². The zero-order valence-electron chi connectivity index (χ0n) is 16.9. The first-order valence-electron chi connectivity index (χ1n) is 9.88. The molecule has 3 amide bonds. The lowest BCUT2D eigenvalue weighted by Gasteiger charge is -2.36. The van der Waals surface area contributed by atoms with Crippen LogP contribution in [0.1, 0.15) is 25.8 Å². The maximum Gasteiger partial charge on any atom is 0.228 e. The molecule has 0 spiro atoms. The van der Waals surface area contributed by atoms with Crippen molar-refractivity contribution in [1.29, 1.82) is 0 Å². The molecule has 1 atom stereocenters. The molecule has 3 rings (SSSR count). The van der Waals surface area contributed by atoms with E-state index >= 15 is 0 Å². The number of hydrogen-bond donors (Lipinski definition) is 0. The Morgan fingerprint density at radius 2 is 1.68 bits per heavy atom. The molecular formula is C21H29N3O4. The van der Waals surface area contributed by atoms with Crippen molar-refractivity contribution in [1.82, 2.24) is 14.7 Å². The van der Waals surface area contributed by atoms with Gasteiger partial charge < -0.3 is 19.4 Å². The van der Waals surface area contributed by atoms with Gasteiger partial charge in [-0.2, -0.15) is 0 Å². The van der Waals surface area contributed by atoms with E-state index in [1.165, 1.54) is 0 Å². The SMILES string of the molecule is COc1ccc(CC(=O)N2CCN(C(=O)C3CC(=O)N(C(C)C)C3)CC2)cc1. The number of carbonyl (C=O) groups excluding carboxylic acids is 3. The molecule has 7 nitrogen and oxygen atoms in total. The molecule has 2 aliphatic rings. The largest absolute Gasteiger partial charge is 0.497 e. The van der Waals surface area contributed by atoms with Gasteiger partial charge >= 0.3 is 0 Å². The second-order valence-electron chi connectivity index (χ2n) is 7.77. The molecule has 152 valence electrons. The van der Waals surface area contributed by atoms with Crippen molar-refractivity contribution in [2.24, 2.45) is 5.92 Å². The van der Waals surface area contributed by atoms with Gasteiger partial charge in [0.05, 0.1) is 19.4 Å². The Bertz CT molecular complexity index is 724. The molecule has 0 saturated carbocycles. The van der Waals surface area contributed by atoms with Gasteiger partial charge in [0.15, 0.2) is 0 Å². The van der Waals surface area contributed by atoms with E-state index in [2.05, 4.69) is 0 Å². The van der Waals surface area contributed by atoms with Crippen LogP contribution in [0.5, 0.6) is 5.75 Å². The van der Waals surface area contributed by atoms with Crippen molar-refractivity contribution in [3.8, 4) is 5.75 Å². The predicted octanol–water partition coefficient (Wildman–Crippen LogP) is 1.17. The molecule has 28 heavy (non-hydrogen) atoms. The Kier molecular flexibility index (Phi) is 6.21. The molecule has 0 radical (unpaired) electrons. The smallest absolute Gasteiger partial charge is 0.228 e. The Morgan fingerprint density at radius 3 is 2.21 bits per heavy atom. The lowest BCUT2D eigenvalue weighted by atomic mass is 10.1. The van der Waals surface area contributed by atoms with Crippen LogP contribution in [0.2, 0.25) is 0 Å². The van der Waals surface area contributed by atoms with Crippen molar-refractivity contribution in [2.75, 3.05) is 39.8 Å². The average molecular weight is 387 g/mol. The fourth-order valence-corrected chi connectivity index (χ4v) is 3.86. The van der Waals surface area contributed by atoms with Gasteiger partial charge in [0, 0.05) is 45.2 Å². The number of amides is 3. The number of rotatable bonds is 5. The van der Waals surface area contributed by atoms with Gasteiger partial charge in [-0.15, -0.1) is 0 Å². The fraction of sp³-hybridized carbons (Fsp3) is 0.571. The highest BCUT2D eigenvalue weighted by atomic mass is 16.5. The van der Waals surface area contributed by atoms with Crippen molar-refractivity contribution in [3.63, 3.8) is 0 Å². The van der Waals surface area contributed by atoms with E-state index < -0.39 is 0 Å². The molecule has 0 aliphatic carbocycles. The Labute approximate surface area is 166 Å². The van der Waals surface area contributed by atoms with Crippen molar-refractivity contribution in [3.05, 3.63) is 29.8 Å². The third-order valence-corrected chi connectivity index (χ3v) is 5.59. The van der Waals surface area contributed by atoms with E-state index in [1.807, 2.05) is 43.0 Å². The first kappa shape index (κ1) is 20.2. The summed E-state index contributed by atoms with van der Waals surface area (Å²) in [5, 5.41) is 0. The molecule has 7 heteroatoms. The van der Waals surface area contributed by atoms with Gasteiger partial charge in [-0.1, -0.05) is 12.1 Å². The third-order valence-electron chi connectivity index (χ3n) is 5.59. The Morgan fingerprint density at radius 1 is 1.07 bits per heavy atom. The van der Waals surface area contributed by atoms with Gasteiger partial charge in [-0.05, 0) is 31.5 Å². The Hall–Kier alpha value is -2.57. The molecular weight excluding hydrogens is 358 g/mol. The summed E-state index contributed by atoms with van der Waals surface area (Å²) in [7, 11) is 1.61. The van der Waals surface area contributed by atoms with Crippen LogP contribution in [-0.2, 0) is 20.8 Å². The van der Waals surface area contributed by atoms with Crippen molar-refractivity contribution in [2.45, 2.75) is 32.7 Å². The van der Waals surface area contributed by atoms with E-state index in [9.17, 15) is 14.4 Å². The van der Waals surface area contributed by atoms with Crippen LogP contribution in [0.4, 0.5) is 0 Å². The molecule has 2 saturated heterocycles. The van der Waals surface area contributed by atoms with E-state index in [1.54, 1.807) is 16.9 Å². The topological polar surface area (TPSA) is 70.2 Å². The molecule has 1 unspecified atom stereocenters. The number of carbonyl (C=O) groups is 3. The molecule has 0 aromatic heterocycles. The quantitative estimate of drug-likeness (QED) is 0.760. The number of benzene rings is 1. The summed E-state index contributed by atoms with van der Waals surface area (Å²) in [5.74, 6) is 0.681. The minimum atomic E-state index is -0.253. The average Bonchev–Trinajstić information content (AvgIpc) is 3.10. The zero-order valence-corrected chi connectivity index (χ0v) is 16.9. The second-order valence-corrected chi connectivity index (χ2v) is 7.77. The monoisotopic (exact) mass is 387 g/mol. The van der Waals surface area contributed by atoms with Gasteiger partial charge in [-0.3, -0.25) is 14.4 Å². The minimum absolute atomic E-state index is 0.0405. The first-order valence-corrected chi connectivity index (χ1v) is 9.88. The third kappa shape index (κ3) is 4.46. The summed E-state index contributed by atoms with van der Waals surface area (Å²) in [5.41, 5.74) is 0.947. The van der Waals surface area contributed by atoms with E-state index in [4.69, 9.17) is 4.74 Å². The highest BCUT2D eigenvalue weighted by molar-refractivity contribution is 5.89. The molecule has 2 fully saturated rings. The number of methoxy groups -OCH3 is 1. The van der Waals surface area contributed by atoms with E-state index in [0.717, 1.165) is 11.3 Å². The maximum absolute atomic E-state index is 12.8. The van der Waals surface area contributed by atoms with Crippen LogP contribution >= 0.6 is 0 Å². The molecule has 2 heterocycles. The summed E-state index contributed by atoms with van der Waals surface area (Å²) in [6, 6.07) is 7.62. The number of ether oxygens (including phenoxy) is 1. The number of likely N-dealkylation sites (tertiary alicyclic amines) is 1. The van der Waals surface area contributed by atoms with Crippen molar-refractivity contribution < 1.29 is 19.1 Å². The summed E-state index contributed by atoms with van der Waals surface area (Å²) >= 11 is 0. The first-order chi connectivity index (χ1) is 13.4. The van der Waals surface area contributed by atoms with E-state index in [0.29, 0.717) is 45.6 Å². The lowest BCUT2D eigenvalue weighted by molar-refractivity contribution is -0.141. The molecule has 1 aromatic rings. The number of piperazine rings is 1. The highest BCUT2D eigenvalue weighted by Crippen LogP contribution is 2.23. The van der Waals surface area contributed by atoms with Crippen LogP contribution in [0.3, 0.4) is 0 Å². The highest BCUT2D eigenvalue weighted by Gasteiger charge is 2.38. The summed E-state index contributed by atoms with van der Waals surface area (Å²) in [4.78, 5) is 42.8. The summed E-state index contributed by atoms with van der Waals surface area (Å²) in [6.45, 7) is 6.57. The van der Waals surface area contributed by atoms with Crippen LogP contribution < -0.4 is 4.74 Å². The van der Waals surface area contributed by atoms with Gasteiger partial charge in [-0.25, -0.2) is 0 Å². The Balaban J connectivity index is 1.49. The van der Waals surface area contributed by atoms with Crippen LogP contribution in [-0.4, -0.2) is 78.3 Å². The standard InChI is InChI=1S/C21H29N3O4/c1-15(2)24-14-17(13-20(24)26)21(27)23-10-8-22(9-11-23)19(25)12-16-4-6-18(28-3)7-5-16/h4-7,15,17H,8-14H2,1-3H3. The zero-order chi connectivity index (χ0) is 20.3. The van der Waals surface area contributed by atoms with E-state index in [-0.39, 0.29) is 29.7 Å². The van der Waals surface area contributed by atoms with Gasteiger partial charge in [0.25, 0.3) is 0 Å². The summed E-state index contributed by atoms with van der Waals surface area (Å²) < 4.78 is 5.14. The molecule has 2 aliphatic heterocycles. The molecule has 1 aromatic carbocycles. The van der Waals surface area contributed by atoms with Crippen LogP contribution in [0.25, 0.3) is 0 Å². The van der Waals surface area contributed by atoms with Gasteiger partial charge in [0.2, 0.25) is 17.7 Å². The predicted molar refractivity (Wildman–Crippen MR) is 105 cm³/mol. The summed E-state index contributed by atoms with van der Waals surface area (Å²) in [6.07, 6.45) is 0.645. The maximum atomic E-state index is 12.8. The number of hydrogen-bond acceptors (Lipinski definition) is 4. The normalized spacial score (nSPS) is 20.1. The lowest BCUT2D eigenvalue weighted by Crippen LogP contribution is -2.52. The van der Waals surface area contributed by atoms with Gasteiger partial charge in [0.1, 0.15) is 5.75 Å². The molecule has 0 bridgehead atoms. The second kappa shape index (κ2) is 8.63. The van der Waals surface area contributed by atoms with Crippen molar-refractivity contribution >= 4 is 17.7 Å². The van der Waals surface area contributed by atoms with Crippen LogP contribution in [0.15, 0.2) is 24.3 Å². The fourth-order valence-electron chi connectivity index (χ4n) is 3.86. The minimum Gasteiger partial charge on any atom is -0.497 e.